The number of carbonyl (C=O) groups is 3. The number of hydrogen-bond donors (Lipinski definition) is 2. The number of nitrogens with one attached hydrogen (secondary N) is 1. The Morgan fingerprint density at radius 3 is 2.06 bits per heavy atom. The first-order valence-corrected chi connectivity index (χ1v) is 11.2. The summed E-state index contributed by atoms with van der Waals surface area (Å²) in [6.45, 7) is 6.85. The van der Waals surface area contributed by atoms with Gasteiger partial charge in [-0.25, -0.2) is 9.59 Å². The molecule has 0 unspecified atom stereocenters. The number of benzene rings is 2. The third kappa shape index (κ3) is 5.75. The second kappa shape index (κ2) is 10.3. The van der Waals surface area contributed by atoms with E-state index in [-0.39, 0.29) is 19.1 Å². The van der Waals surface area contributed by atoms with Crippen molar-refractivity contribution >= 4 is 18.0 Å². The number of alkyl carbamates (subject to hydrolysis) is 1. The lowest BCUT2D eigenvalue weighted by Crippen LogP contribution is -2.54. The first-order chi connectivity index (χ1) is 16.0. The summed E-state index contributed by atoms with van der Waals surface area (Å²) in [6, 6.07) is 13.8. The quantitative estimate of drug-likeness (QED) is 0.613. The molecule has 1 aliphatic rings. The van der Waals surface area contributed by atoms with Crippen molar-refractivity contribution in [3.05, 3.63) is 59.7 Å². The smallest absolute Gasteiger partial charge is 0.407 e. The van der Waals surface area contributed by atoms with E-state index in [1.54, 1.807) is 0 Å². The molecule has 2 amide bonds. The summed E-state index contributed by atoms with van der Waals surface area (Å²) >= 11 is 0. The molecule has 34 heavy (non-hydrogen) atoms. The van der Waals surface area contributed by atoms with Crippen molar-refractivity contribution in [1.82, 2.24) is 10.2 Å². The van der Waals surface area contributed by atoms with Gasteiger partial charge in [-0.1, -0.05) is 48.5 Å². The zero-order chi connectivity index (χ0) is 25.0. The molecule has 1 aliphatic carbocycles. The SMILES string of the molecule is C[C@@H](C(=O)O)N(C)C(=O)[C@H](COC(C)(C)C)NC(=O)OCC1c2ccccc2-c2ccccc21. The van der Waals surface area contributed by atoms with Gasteiger partial charge in [-0.15, -0.1) is 0 Å². The number of carbonyl (C=O) groups excluding carboxylic acids is 2. The van der Waals surface area contributed by atoms with Gasteiger partial charge < -0.3 is 24.8 Å². The van der Waals surface area contributed by atoms with E-state index < -0.39 is 35.7 Å². The molecule has 0 spiro atoms. The molecule has 0 bridgehead atoms. The summed E-state index contributed by atoms with van der Waals surface area (Å²) < 4.78 is 11.3. The van der Waals surface area contributed by atoms with Crippen LogP contribution in [0.2, 0.25) is 0 Å². The maximum Gasteiger partial charge on any atom is 0.407 e. The second-order valence-electron chi connectivity index (χ2n) is 9.41. The van der Waals surface area contributed by atoms with E-state index in [1.165, 1.54) is 14.0 Å². The molecule has 8 heteroatoms. The number of fused-ring (bicyclic) bond motifs is 3. The van der Waals surface area contributed by atoms with E-state index in [0.29, 0.717) is 0 Å². The number of carboxylic acids is 1. The van der Waals surface area contributed by atoms with Gasteiger partial charge in [0.2, 0.25) is 5.91 Å². The number of nitrogens with zero attached hydrogens (tertiary/aromatic N) is 1. The van der Waals surface area contributed by atoms with E-state index >= 15 is 0 Å². The molecule has 0 heterocycles. The first kappa shape index (κ1) is 25.2. The van der Waals surface area contributed by atoms with E-state index in [9.17, 15) is 19.5 Å². The van der Waals surface area contributed by atoms with Gasteiger partial charge in [0, 0.05) is 13.0 Å². The summed E-state index contributed by atoms with van der Waals surface area (Å²) in [7, 11) is 1.38. The number of carboxylic acid groups (broad SMARTS) is 1. The molecule has 0 saturated carbocycles. The van der Waals surface area contributed by atoms with Gasteiger partial charge in [-0.3, -0.25) is 4.79 Å². The summed E-state index contributed by atoms with van der Waals surface area (Å²) in [4.78, 5) is 38.0. The molecule has 0 saturated heterocycles. The van der Waals surface area contributed by atoms with Crippen molar-refractivity contribution in [2.45, 2.75) is 51.3 Å². The van der Waals surface area contributed by atoms with Crippen molar-refractivity contribution in [3.8, 4) is 11.1 Å². The molecule has 2 aromatic carbocycles. The van der Waals surface area contributed by atoms with Gasteiger partial charge in [-0.05, 0) is 49.9 Å². The fourth-order valence-electron chi connectivity index (χ4n) is 3.89. The highest BCUT2D eigenvalue weighted by atomic mass is 16.5. The Kier molecular flexibility index (Phi) is 7.61. The van der Waals surface area contributed by atoms with Crippen LogP contribution in [0.5, 0.6) is 0 Å². The van der Waals surface area contributed by atoms with Gasteiger partial charge in [-0.2, -0.15) is 0 Å². The standard InChI is InChI=1S/C26H32N2O6/c1-16(24(30)31)28(5)23(29)22(15-34-26(2,3)4)27-25(32)33-14-21-19-12-8-6-10-17(19)18-11-7-9-13-20(18)21/h6-13,16,21-22H,14-15H2,1-5H3,(H,27,32)(H,30,31)/t16-,22-/m0/s1. The van der Waals surface area contributed by atoms with E-state index in [2.05, 4.69) is 5.32 Å². The third-order valence-corrected chi connectivity index (χ3v) is 5.90. The Morgan fingerprint density at radius 2 is 1.56 bits per heavy atom. The van der Waals surface area contributed by atoms with Crippen LogP contribution in [0.15, 0.2) is 48.5 Å². The van der Waals surface area contributed by atoms with Crippen molar-refractivity contribution in [3.63, 3.8) is 0 Å². The number of amides is 2. The summed E-state index contributed by atoms with van der Waals surface area (Å²) in [5.41, 5.74) is 3.83. The van der Waals surface area contributed by atoms with Gasteiger partial charge in [0.05, 0.1) is 12.2 Å². The Hall–Kier alpha value is -3.39. The Morgan fingerprint density at radius 1 is 1.03 bits per heavy atom. The van der Waals surface area contributed by atoms with Crippen LogP contribution in [0.25, 0.3) is 11.1 Å². The van der Waals surface area contributed by atoms with Crippen LogP contribution in [0, 0.1) is 0 Å². The van der Waals surface area contributed by atoms with E-state index in [1.807, 2.05) is 69.3 Å². The molecule has 2 N–H and O–H groups in total. The lowest BCUT2D eigenvalue weighted by atomic mass is 9.98. The fourth-order valence-corrected chi connectivity index (χ4v) is 3.89. The Labute approximate surface area is 199 Å². The van der Waals surface area contributed by atoms with Crippen molar-refractivity contribution < 1.29 is 29.0 Å². The normalized spacial score (nSPS) is 14.5. The topological polar surface area (TPSA) is 105 Å². The number of likely N-dealkylation sites (N-methyl/N-ethyl adjacent to an activating group) is 1. The van der Waals surface area contributed by atoms with Crippen LogP contribution in [0.1, 0.15) is 44.7 Å². The summed E-state index contributed by atoms with van der Waals surface area (Å²) in [5, 5.41) is 11.8. The van der Waals surface area contributed by atoms with Crippen LogP contribution in [-0.4, -0.2) is 65.9 Å². The molecule has 0 aromatic heterocycles. The zero-order valence-corrected chi connectivity index (χ0v) is 20.2. The van der Waals surface area contributed by atoms with Gasteiger partial charge in [0.1, 0.15) is 18.7 Å². The Balaban J connectivity index is 1.71. The fraction of sp³-hybridized carbons (Fsp3) is 0.423. The molecule has 2 aromatic rings. The zero-order valence-electron chi connectivity index (χ0n) is 20.2. The maximum absolute atomic E-state index is 12.9. The molecule has 182 valence electrons. The summed E-state index contributed by atoms with van der Waals surface area (Å²) in [5.74, 6) is -1.84. The van der Waals surface area contributed by atoms with Crippen LogP contribution < -0.4 is 5.32 Å². The minimum absolute atomic E-state index is 0.0995. The largest absolute Gasteiger partial charge is 0.480 e. The predicted octanol–water partition coefficient (Wildman–Crippen LogP) is 3.64. The van der Waals surface area contributed by atoms with Crippen molar-refractivity contribution in [2.75, 3.05) is 20.3 Å². The highest BCUT2D eigenvalue weighted by Crippen LogP contribution is 2.44. The number of rotatable bonds is 8. The van der Waals surface area contributed by atoms with Gasteiger partial charge in [0.25, 0.3) is 0 Å². The molecular weight excluding hydrogens is 436 g/mol. The molecule has 3 rings (SSSR count). The van der Waals surface area contributed by atoms with Crippen molar-refractivity contribution in [2.24, 2.45) is 0 Å². The average molecular weight is 469 g/mol. The second-order valence-corrected chi connectivity index (χ2v) is 9.41. The number of aliphatic carboxylic acids is 1. The van der Waals surface area contributed by atoms with Crippen LogP contribution in [-0.2, 0) is 19.1 Å². The molecule has 8 nitrogen and oxygen atoms in total. The van der Waals surface area contributed by atoms with E-state index in [0.717, 1.165) is 27.2 Å². The van der Waals surface area contributed by atoms with Gasteiger partial charge >= 0.3 is 12.1 Å². The highest BCUT2D eigenvalue weighted by molar-refractivity contribution is 5.89. The average Bonchev–Trinajstić information content (AvgIpc) is 3.12. The van der Waals surface area contributed by atoms with Gasteiger partial charge in [0.15, 0.2) is 0 Å². The summed E-state index contributed by atoms with van der Waals surface area (Å²) in [6.07, 6.45) is -0.769. The number of hydrogen-bond acceptors (Lipinski definition) is 5. The van der Waals surface area contributed by atoms with Crippen LogP contribution in [0.4, 0.5) is 4.79 Å². The Bertz CT molecular complexity index is 1020. The molecular formula is C26H32N2O6. The first-order valence-electron chi connectivity index (χ1n) is 11.2. The molecule has 2 atom stereocenters. The third-order valence-electron chi connectivity index (χ3n) is 5.90. The highest BCUT2D eigenvalue weighted by Gasteiger charge is 2.33. The molecule has 0 aliphatic heterocycles. The molecule has 0 fully saturated rings. The lowest BCUT2D eigenvalue weighted by molar-refractivity contribution is -0.150. The number of ether oxygens (including phenoxy) is 2. The monoisotopic (exact) mass is 468 g/mol. The predicted molar refractivity (Wildman–Crippen MR) is 128 cm³/mol. The minimum atomic E-state index is -1.15. The van der Waals surface area contributed by atoms with E-state index in [4.69, 9.17) is 9.47 Å². The minimum Gasteiger partial charge on any atom is -0.480 e. The maximum atomic E-state index is 12.9. The lowest BCUT2D eigenvalue weighted by Gasteiger charge is -2.29. The van der Waals surface area contributed by atoms with Crippen LogP contribution >= 0.6 is 0 Å². The molecule has 0 radical (unpaired) electrons. The van der Waals surface area contributed by atoms with Crippen LogP contribution in [0.3, 0.4) is 0 Å². The van der Waals surface area contributed by atoms with Crippen molar-refractivity contribution in [1.29, 1.82) is 0 Å².